The Balaban J connectivity index is 1.97. The van der Waals surface area contributed by atoms with Crippen LogP contribution in [-0.4, -0.2) is 37.1 Å². The van der Waals surface area contributed by atoms with Gasteiger partial charge < -0.3 is 14.6 Å². The fourth-order valence-corrected chi connectivity index (χ4v) is 2.15. The first-order chi connectivity index (χ1) is 11.1. The van der Waals surface area contributed by atoms with Crippen molar-refractivity contribution in [3.63, 3.8) is 0 Å². The molecule has 0 aliphatic heterocycles. The SMILES string of the molecule is O=C(O)c1ccc(Cn2nnc(C(=O)O)c2-c2ccco2)cc1. The maximum Gasteiger partial charge on any atom is 0.358 e. The minimum atomic E-state index is -1.20. The molecule has 0 aliphatic carbocycles. The molecule has 8 nitrogen and oxygen atoms in total. The van der Waals surface area contributed by atoms with Crippen LogP contribution in [0.15, 0.2) is 47.1 Å². The summed E-state index contributed by atoms with van der Waals surface area (Å²) in [6.07, 6.45) is 1.43. The third-order valence-electron chi connectivity index (χ3n) is 3.23. The van der Waals surface area contributed by atoms with Crippen molar-refractivity contribution in [2.75, 3.05) is 0 Å². The van der Waals surface area contributed by atoms with Crippen molar-refractivity contribution >= 4 is 11.9 Å². The highest BCUT2D eigenvalue weighted by atomic mass is 16.4. The van der Waals surface area contributed by atoms with E-state index in [1.54, 1.807) is 24.3 Å². The third kappa shape index (κ3) is 2.82. The molecule has 23 heavy (non-hydrogen) atoms. The summed E-state index contributed by atoms with van der Waals surface area (Å²) in [5, 5.41) is 25.6. The molecule has 0 saturated heterocycles. The van der Waals surface area contributed by atoms with Gasteiger partial charge in [-0.15, -0.1) is 5.10 Å². The standard InChI is InChI=1S/C15H11N3O5/c19-14(20)10-5-3-9(4-6-10)8-18-13(11-2-1-7-23-11)12(15(21)22)16-17-18/h1-7H,8H2,(H,19,20)(H,21,22). The largest absolute Gasteiger partial charge is 0.478 e. The van der Waals surface area contributed by atoms with Gasteiger partial charge in [0.25, 0.3) is 0 Å². The van der Waals surface area contributed by atoms with Crippen LogP contribution in [0.2, 0.25) is 0 Å². The Hall–Kier alpha value is -3.42. The van der Waals surface area contributed by atoms with Gasteiger partial charge in [-0.2, -0.15) is 0 Å². The zero-order chi connectivity index (χ0) is 16.4. The van der Waals surface area contributed by atoms with E-state index in [1.807, 2.05) is 0 Å². The van der Waals surface area contributed by atoms with Gasteiger partial charge in [-0.05, 0) is 29.8 Å². The summed E-state index contributed by atoms with van der Waals surface area (Å²) in [7, 11) is 0. The Morgan fingerprint density at radius 3 is 2.39 bits per heavy atom. The van der Waals surface area contributed by atoms with E-state index in [0.29, 0.717) is 5.76 Å². The Morgan fingerprint density at radius 1 is 1.09 bits per heavy atom. The second-order valence-corrected chi connectivity index (χ2v) is 4.73. The molecule has 0 fully saturated rings. The fourth-order valence-electron chi connectivity index (χ4n) is 2.15. The molecule has 0 atom stereocenters. The number of hydrogen-bond acceptors (Lipinski definition) is 5. The highest BCUT2D eigenvalue weighted by Crippen LogP contribution is 2.23. The number of aromatic carboxylic acids is 2. The predicted octanol–water partition coefficient (Wildman–Crippen LogP) is 1.98. The lowest BCUT2D eigenvalue weighted by atomic mass is 10.1. The number of nitrogens with zero attached hydrogens (tertiary/aromatic N) is 3. The van der Waals surface area contributed by atoms with Crippen LogP contribution in [0.1, 0.15) is 26.4 Å². The number of carboxylic acid groups (broad SMARTS) is 2. The van der Waals surface area contributed by atoms with Crippen molar-refractivity contribution < 1.29 is 24.2 Å². The summed E-state index contributed by atoms with van der Waals surface area (Å²) < 4.78 is 6.66. The van der Waals surface area contributed by atoms with Gasteiger partial charge in [0.05, 0.1) is 18.4 Å². The molecule has 2 N–H and O–H groups in total. The number of hydrogen-bond donors (Lipinski definition) is 2. The first-order valence-electron chi connectivity index (χ1n) is 6.59. The molecule has 0 unspecified atom stereocenters. The fraction of sp³-hybridized carbons (Fsp3) is 0.0667. The summed E-state index contributed by atoms with van der Waals surface area (Å²) in [5.41, 5.74) is 0.974. The first-order valence-corrected chi connectivity index (χ1v) is 6.59. The summed E-state index contributed by atoms with van der Waals surface area (Å²) >= 11 is 0. The van der Waals surface area contributed by atoms with Crippen molar-refractivity contribution in [3.8, 4) is 11.5 Å². The number of benzene rings is 1. The molecule has 0 bridgehead atoms. The van der Waals surface area contributed by atoms with Crippen LogP contribution in [0.3, 0.4) is 0 Å². The van der Waals surface area contributed by atoms with E-state index < -0.39 is 11.9 Å². The molecule has 1 aromatic carbocycles. The van der Waals surface area contributed by atoms with Crippen LogP contribution in [0.25, 0.3) is 11.5 Å². The van der Waals surface area contributed by atoms with Gasteiger partial charge in [0.1, 0.15) is 5.69 Å². The van der Waals surface area contributed by atoms with Crippen LogP contribution in [0, 0.1) is 0 Å². The van der Waals surface area contributed by atoms with Gasteiger partial charge in [-0.25, -0.2) is 14.3 Å². The summed E-state index contributed by atoms with van der Waals surface area (Å²) in [6.45, 7) is 0.232. The van der Waals surface area contributed by atoms with E-state index in [1.165, 1.54) is 23.1 Å². The van der Waals surface area contributed by atoms with Crippen LogP contribution in [-0.2, 0) is 6.54 Å². The van der Waals surface area contributed by atoms with E-state index in [4.69, 9.17) is 9.52 Å². The van der Waals surface area contributed by atoms with Crippen molar-refractivity contribution in [3.05, 3.63) is 59.5 Å². The van der Waals surface area contributed by atoms with E-state index in [9.17, 15) is 14.7 Å². The Bertz CT molecular complexity index is 850. The van der Waals surface area contributed by atoms with Crippen molar-refractivity contribution in [1.82, 2.24) is 15.0 Å². The molecule has 3 rings (SSSR count). The summed E-state index contributed by atoms with van der Waals surface area (Å²) in [6, 6.07) is 9.47. The first kappa shape index (κ1) is 14.5. The third-order valence-corrected chi connectivity index (χ3v) is 3.23. The molecule has 0 radical (unpaired) electrons. The number of carbonyl (C=O) groups is 2. The number of carboxylic acids is 2. The van der Waals surface area contributed by atoms with E-state index in [-0.39, 0.29) is 23.5 Å². The smallest absolute Gasteiger partial charge is 0.358 e. The van der Waals surface area contributed by atoms with Gasteiger partial charge >= 0.3 is 11.9 Å². The van der Waals surface area contributed by atoms with Gasteiger partial charge in [0.2, 0.25) is 5.69 Å². The summed E-state index contributed by atoms with van der Waals surface area (Å²) in [5.74, 6) is -1.87. The van der Waals surface area contributed by atoms with Crippen molar-refractivity contribution in [2.24, 2.45) is 0 Å². The number of rotatable bonds is 5. The molecule has 8 heteroatoms. The molecule has 2 aromatic heterocycles. The monoisotopic (exact) mass is 313 g/mol. The molecule has 0 saturated carbocycles. The molecule has 0 aliphatic rings. The number of furan rings is 1. The lowest BCUT2D eigenvalue weighted by Crippen LogP contribution is -2.06. The highest BCUT2D eigenvalue weighted by Gasteiger charge is 2.22. The van der Waals surface area contributed by atoms with Gasteiger partial charge in [0.15, 0.2) is 5.76 Å². The van der Waals surface area contributed by atoms with Crippen molar-refractivity contribution in [2.45, 2.75) is 6.54 Å². The average molecular weight is 313 g/mol. The van der Waals surface area contributed by atoms with Crippen LogP contribution in [0.5, 0.6) is 0 Å². The van der Waals surface area contributed by atoms with E-state index >= 15 is 0 Å². The van der Waals surface area contributed by atoms with Gasteiger partial charge in [0, 0.05) is 0 Å². The Labute approximate surface area is 129 Å². The topological polar surface area (TPSA) is 118 Å². The maximum atomic E-state index is 11.3. The summed E-state index contributed by atoms with van der Waals surface area (Å²) in [4.78, 5) is 22.1. The van der Waals surface area contributed by atoms with Crippen molar-refractivity contribution in [1.29, 1.82) is 0 Å². The number of aromatic nitrogens is 3. The highest BCUT2D eigenvalue weighted by molar-refractivity contribution is 5.91. The van der Waals surface area contributed by atoms with Crippen LogP contribution < -0.4 is 0 Å². The molecule has 116 valence electrons. The minimum Gasteiger partial charge on any atom is -0.478 e. The Kier molecular flexibility index (Phi) is 3.63. The van der Waals surface area contributed by atoms with Crippen LogP contribution >= 0.6 is 0 Å². The quantitative estimate of drug-likeness (QED) is 0.739. The second kappa shape index (κ2) is 5.76. The molecular weight excluding hydrogens is 302 g/mol. The Morgan fingerprint density at radius 2 is 1.83 bits per heavy atom. The molecular formula is C15H11N3O5. The molecule has 3 aromatic rings. The maximum absolute atomic E-state index is 11.3. The second-order valence-electron chi connectivity index (χ2n) is 4.73. The van der Waals surface area contributed by atoms with Gasteiger partial charge in [-0.3, -0.25) is 0 Å². The van der Waals surface area contributed by atoms with Crippen LogP contribution in [0.4, 0.5) is 0 Å². The molecule has 0 amide bonds. The lowest BCUT2D eigenvalue weighted by Gasteiger charge is -2.05. The zero-order valence-electron chi connectivity index (χ0n) is 11.7. The average Bonchev–Trinajstić information content (AvgIpc) is 3.16. The predicted molar refractivity (Wildman–Crippen MR) is 77.2 cm³/mol. The van der Waals surface area contributed by atoms with Gasteiger partial charge in [-0.1, -0.05) is 17.3 Å². The van der Waals surface area contributed by atoms with E-state index in [2.05, 4.69) is 10.3 Å². The van der Waals surface area contributed by atoms with E-state index in [0.717, 1.165) is 5.56 Å². The molecule has 0 spiro atoms. The minimum absolute atomic E-state index is 0.171. The normalized spacial score (nSPS) is 10.6. The lowest BCUT2D eigenvalue weighted by molar-refractivity contribution is 0.0682. The zero-order valence-corrected chi connectivity index (χ0v) is 11.7. The molecule has 2 heterocycles.